The molecule has 1 amide bonds. The molecule has 0 aromatic heterocycles. The zero-order valence-corrected chi connectivity index (χ0v) is 8.99. The van der Waals surface area contributed by atoms with Crippen LogP contribution in [0.2, 0.25) is 0 Å². The first-order valence-electron chi connectivity index (χ1n) is 5.05. The van der Waals surface area contributed by atoms with E-state index in [0.717, 1.165) is 0 Å². The second-order valence-electron chi connectivity index (χ2n) is 3.46. The van der Waals surface area contributed by atoms with Gasteiger partial charge in [-0.3, -0.25) is 15.0 Å². The van der Waals surface area contributed by atoms with Crippen LogP contribution in [0.25, 0.3) is 0 Å². The number of hydrazine groups is 1. The molecule has 1 aromatic carbocycles. The van der Waals surface area contributed by atoms with Crippen molar-refractivity contribution in [1.82, 2.24) is 5.43 Å². The van der Waals surface area contributed by atoms with Gasteiger partial charge >= 0.3 is 0 Å². The summed E-state index contributed by atoms with van der Waals surface area (Å²) < 4.78 is 10.8. The molecule has 1 heterocycles. The summed E-state index contributed by atoms with van der Waals surface area (Å²) in [6.07, 6.45) is 1.72. The molecule has 1 aromatic rings. The standard InChI is InChI=1S/C11H11N2O4/c12-13-10(15)5-8-7(6-14)1-2-9-11(8)17-4-3-16-9/h1-2H,3-5,12H2,(H,13,15). The van der Waals surface area contributed by atoms with Gasteiger partial charge in [0.15, 0.2) is 11.5 Å². The lowest BCUT2D eigenvalue weighted by atomic mass is 10.0. The largest absolute Gasteiger partial charge is 0.486 e. The second kappa shape index (κ2) is 4.84. The minimum absolute atomic E-state index is 0.0480. The maximum absolute atomic E-state index is 11.3. The summed E-state index contributed by atoms with van der Waals surface area (Å²) >= 11 is 0. The Balaban J connectivity index is 2.44. The van der Waals surface area contributed by atoms with Gasteiger partial charge in [-0.2, -0.15) is 0 Å². The number of carbonyl (C=O) groups is 1. The molecule has 89 valence electrons. The van der Waals surface area contributed by atoms with Gasteiger partial charge in [-0.1, -0.05) is 0 Å². The molecule has 0 fully saturated rings. The van der Waals surface area contributed by atoms with Crippen LogP contribution < -0.4 is 20.7 Å². The Morgan fingerprint density at radius 2 is 2.18 bits per heavy atom. The Morgan fingerprint density at radius 3 is 2.88 bits per heavy atom. The summed E-state index contributed by atoms with van der Waals surface area (Å²) in [4.78, 5) is 22.1. The lowest BCUT2D eigenvalue weighted by Crippen LogP contribution is -2.32. The van der Waals surface area contributed by atoms with Crippen molar-refractivity contribution in [3.63, 3.8) is 0 Å². The Bertz CT molecular complexity index is 459. The fourth-order valence-electron chi connectivity index (χ4n) is 1.66. The minimum atomic E-state index is -0.413. The van der Waals surface area contributed by atoms with Crippen LogP contribution >= 0.6 is 0 Å². The molecule has 2 rings (SSSR count). The first kappa shape index (κ1) is 11.4. The van der Waals surface area contributed by atoms with Gasteiger partial charge < -0.3 is 9.47 Å². The molecule has 0 aliphatic carbocycles. The summed E-state index contributed by atoms with van der Waals surface area (Å²) in [6, 6.07) is 3.16. The zero-order chi connectivity index (χ0) is 12.3. The average Bonchev–Trinajstić information content (AvgIpc) is 2.39. The van der Waals surface area contributed by atoms with Crippen LogP contribution in [0.1, 0.15) is 11.1 Å². The monoisotopic (exact) mass is 235 g/mol. The van der Waals surface area contributed by atoms with Crippen molar-refractivity contribution in [1.29, 1.82) is 0 Å². The summed E-state index contributed by atoms with van der Waals surface area (Å²) in [5.74, 6) is 5.54. The molecule has 1 radical (unpaired) electrons. The number of carbonyl (C=O) groups excluding carboxylic acids is 2. The van der Waals surface area contributed by atoms with E-state index in [1.165, 1.54) is 0 Å². The lowest BCUT2D eigenvalue weighted by Gasteiger charge is -2.21. The highest BCUT2D eigenvalue weighted by Gasteiger charge is 2.21. The van der Waals surface area contributed by atoms with Crippen molar-refractivity contribution < 1.29 is 19.1 Å². The Kier molecular flexibility index (Phi) is 3.24. The van der Waals surface area contributed by atoms with Crippen LogP contribution in [0.3, 0.4) is 0 Å². The third-order valence-electron chi connectivity index (χ3n) is 2.42. The highest BCUT2D eigenvalue weighted by molar-refractivity contribution is 5.86. The Labute approximate surface area is 97.7 Å². The molecule has 0 unspecified atom stereocenters. The zero-order valence-electron chi connectivity index (χ0n) is 8.99. The summed E-state index contributed by atoms with van der Waals surface area (Å²) in [7, 11) is 0. The average molecular weight is 235 g/mol. The van der Waals surface area contributed by atoms with Gasteiger partial charge in [0, 0.05) is 11.1 Å². The molecular formula is C11H11N2O4. The smallest absolute Gasteiger partial charge is 0.238 e. The Hall–Kier alpha value is -2.08. The quantitative estimate of drug-likeness (QED) is 0.416. The number of rotatable bonds is 3. The topological polar surface area (TPSA) is 90.7 Å². The highest BCUT2D eigenvalue weighted by Crippen LogP contribution is 2.35. The van der Waals surface area contributed by atoms with E-state index < -0.39 is 5.91 Å². The number of hydrogen-bond acceptors (Lipinski definition) is 5. The van der Waals surface area contributed by atoms with E-state index in [4.69, 9.17) is 15.3 Å². The van der Waals surface area contributed by atoms with Crippen molar-refractivity contribution in [2.24, 2.45) is 5.84 Å². The van der Waals surface area contributed by atoms with Crippen molar-refractivity contribution in [3.05, 3.63) is 23.3 Å². The molecule has 0 spiro atoms. The van der Waals surface area contributed by atoms with E-state index >= 15 is 0 Å². The molecule has 1 aliphatic heterocycles. The maximum Gasteiger partial charge on any atom is 0.238 e. The minimum Gasteiger partial charge on any atom is -0.486 e. The molecule has 6 heteroatoms. The van der Waals surface area contributed by atoms with E-state index in [1.807, 2.05) is 5.43 Å². The van der Waals surface area contributed by atoms with Crippen LogP contribution in [0.5, 0.6) is 11.5 Å². The van der Waals surface area contributed by atoms with Crippen LogP contribution in [0.4, 0.5) is 0 Å². The molecule has 17 heavy (non-hydrogen) atoms. The van der Waals surface area contributed by atoms with Gasteiger partial charge in [-0.15, -0.1) is 0 Å². The van der Waals surface area contributed by atoms with Crippen molar-refractivity contribution in [3.8, 4) is 11.5 Å². The second-order valence-corrected chi connectivity index (χ2v) is 3.46. The third kappa shape index (κ3) is 2.21. The van der Waals surface area contributed by atoms with Gasteiger partial charge in [0.1, 0.15) is 13.2 Å². The van der Waals surface area contributed by atoms with Gasteiger partial charge in [0.2, 0.25) is 12.2 Å². The fraction of sp³-hybridized carbons (Fsp3) is 0.273. The van der Waals surface area contributed by atoms with Gasteiger partial charge in [0.25, 0.3) is 0 Å². The number of nitrogens with two attached hydrogens (primary N) is 1. The lowest BCUT2D eigenvalue weighted by molar-refractivity contribution is -0.120. The van der Waals surface area contributed by atoms with E-state index in [0.29, 0.717) is 30.3 Å². The predicted octanol–water partition coefficient (Wildman–Crippen LogP) is -0.552. The molecule has 1 aliphatic rings. The van der Waals surface area contributed by atoms with E-state index in [2.05, 4.69) is 0 Å². The van der Waals surface area contributed by atoms with E-state index in [1.54, 1.807) is 18.4 Å². The number of ether oxygens (including phenoxy) is 2. The van der Waals surface area contributed by atoms with Crippen LogP contribution in [-0.4, -0.2) is 25.4 Å². The molecule has 0 bridgehead atoms. The SMILES string of the molecule is NNC(=O)Cc1c([C]=O)ccc2c1OCCO2. The maximum atomic E-state index is 11.3. The van der Waals surface area contributed by atoms with Gasteiger partial charge in [-0.05, 0) is 12.1 Å². The molecule has 3 N–H and O–H groups in total. The number of nitrogens with one attached hydrogen (secondary N) is 1. The van der Waals surface area contributed by atoms with E-state index in [-0.39, 0.29) is 12.0 Å². The normalized spacial score (nSPS) is 13.0. The third-order valence-corrected chi connectivity index (χ3v) is 2.42. The number of fused-ring (bicyclic) bond motifs is 1. The number of amides is 1. The van der Waals surface area contributed by atoms with Crippen LogP contribution in [0.15, 0.2) is 12.1 Å². The highest BCUT2D eigenvalue weighted by atomic mass is 16.6. The fourth-order valence-corrected chi connectivity index (χ4v) is 1.66. The molecule has 0 saturated heterocycles. The van der Waals surface area contributed by atoms with Gasteiger partial charge in [0.05, 0.1) is 6.42 Å². The number of benzene rings is 1. The first-order valence-corrected chi connectivity index (χ1v) is 5.05. The molecular weight excluding hydrogens is 224 g/mol. The van der Waals surface area contributed by atoms with Crippen molar-refractivity contribution >= 4 is 12.2 Å². The molecule has 6 nitrogen and oxygen atoms in total. The van der Waals surface area contributed by atoms with Gasteiger partial charge in [-0.25, -0.2) is 5.84 Å². The van der Waals surface area contributed by atoms with Crippen LogP contribution in [-0.2, 0) is 16.0 Å². The van der Waals surface area contributed by atoms with Crippen molar-refractivity contribution in [2.45, 2.75) is 6.42 Å². The Morgan fingerprint density at radius 1 is 1.41 bits per heavy atom. The first-order chi connectivity index (χ1) is 8.26. The summed E-state index contributed by atoms with van der Waals surface area (Å²) in [5, 5.41) is 0. The molecule has 0 atom stereocenters. The van der Waals surface area contributed by atoms with E-state index in [9.17, 15) is 9.59 Å². The molecule has 0 saturated carbocycles. The summed E-state index contributed by atoms with van der Waals surface area (Å²) in [6.45, 7) is 0.826. The number of hydrogen-bond donors (Lipinski definition) is 2. The summed E-state index contributed by atoms with van der Waals surface area (Å²) in [5.41, 5.74) is 2.73. The van der Waals surface area contributed by atoms with Crippen molar-refractivity contribution in [2.75, 3.05) is 13.2 Å². The van der Waals surface area contributed by atoms with Crippen LogP contribution in [0, 0.1) is 0 Å². The predicted molar refractivity (Wildman–Crippen MR) is 58.3 cm³/mol.